The number of rotatable bonds is 5. The fraction of sp³-hybridized carbons (Fsp3) is 0.214. The lowest BCUT2D eigenvalue weighted by molar-refractivity contribution is -0.137. The topological polar surface area (TPSA) is 92.4 Å². The van der Waals surface area contributed by atoms with Crippen LogP contribution in [0.15, 0.2) is 29.0 Å². The summed E-state index contributed by atoms with van der Waals surface area (Å²) < 4.78 is 31.6. The maximum Gasteiger partial charge on any atom is 0.305 e. The van der Waals surface area contributed by atoms with Crippen molar-refractivity contribution in [2.24, 2.45) is 0 Å². The number of hydrogen-bond acceptors (Lipinski definition) is 4. The third-order valence-electron chi connectivity index (χ3n) is 2.98. The highest BCUT2D eigenvalue weighted by atomic mass is 19.1. The summed E-state index contributed by atoms with van der Waals surface area (Å²) in [6.45, 7) is 1.51. The minimum Gasteiger partial charge on any atom is -0.481 e. The normalized spacial score (nSPS) is 12.0. The van der Waals surface area contributed by atoms with E-state index < -0.39 is 36.0 Å². The Balaban J connectivity index is 2.28. The largest absolute Gasteiger partial charge is 0.481 e. The number of oxazole rings is 1. The van der Waals surface area contributed by atoms with Crippen LogP contribution >= 0.6 is 0 Å². The quantitative estimate of drug-likeness (QED) is 0.883. The van der Waals surface area contributed by atoms with Crippen molar-refractivity contribution in [2.75, 3.05) is 0 Å². The molecule has 2 rings (SSSR count). The van der Waals surface area contributed by atoms with E-state index in [1.807, 2.05) is 0 Å². The van der Waals surface area contributed by atoms with Gasteiger partial charge >= 0.3 is 5.97 Å². The minimum absolute atomic E-state index is 0.0297. The molecule has 22 heavy (non-hydrogen) atoms. The lowest BCUT2D eigenvalue weighted by atomic mass is 10.0. The Hall–Kier alpha value is -2.77. The molecule has 0 saturated heterocycles. The van der Waals surface area contributed by atoms with Crippen LogP contribution in [0.25, 0.3) is 0 Å². The van der Waals surface area contributed by atoms with Crippen molar-refractivity contribution in [3.8, 4) is 0 Å². The number of nitrogens with one attached hydrogen (secondary N) is 1. The number of carboxylic acids is 1. The molecular weight excluding hydrogens is 298 g/mol. The molecule has 0 saturated carbocycles. The fourth-order valence-electron chi connectivity index (χ4n) is 1.95. The smallest absolute Gasteiger partial charge is 0.305 e. The van der Waals surface area contributed by atoms with Gasteiger partial charge in [-0.15, -0.1) is 0 Å². The van der Waals surface area contributed by atoms with Crippen LogP contribution in [0.1, 0.15) is 34.3 Å². The zero-order valence-electron chi connectivity index (χ0n) is 11.5. The number of carbonyl (C=O) groups is 2. The van der Waals surface area contributed by atoms with Crippen molar-refractivity contribution >= 4 is 11.9 Å². The highest BCUT2D eigenvalue weighted by Gasteiger charge is 2.24. The van der Waals surface area contributed by atoms with Crippen LogP contribution in [0.3, 0.4) is 0 Å². The van der Waals surface area contributed by atoms with Crippen LogP contribution < -0.4 is 5.32 Å². The second kappa shape index (κ2) is 6.33. The first-order valence-electron chi connectivity index (χ1n) is 6.26. The van der Waals surface area contributed by atoms with E-state index in [1.165, 1.54) is 6.92 Å². The molecule has 0 spiro atoms. The molecule has 0 radical (unpaired) electrons. The maximum absolute atomic E-state index is 13.8. The van der Waals surface area contributed by atoms with Crippen molar-refractivity contribution in [1.82, 2.24) is 10.3 Å². The third-order valence-corrected chi connectivity index (χ3v) is 2.98. The second-order valence-electron chi connectivity index (χ2n) is 4.55. The van der Waals surface area contributed by atoms with Gasteiger partial charge in [-0.25, -0.2) is 13.8 Å². The molecule has 0 bridgehead atoms. The number of aliphatic carboxylic acids is 1. The van der Waals surface area contributed by atoms with Crippen LogP contribution in [0.4, 0.5) is 8.78 Å². The number of halogens is 2. The maximum atomic E-state index is 13.8. The number of aryl methyl sites for hydroxylation is 1. The molecule has 1 aromatic carbocycles. The highest BCUT2D eigenvalue weighted by molar-refractivity contribution is 5.93. The molecular formula is C14H12F2N2O4. The molecule has 1 atom stereocenters. The Morgan fingerprint density at radius 2 is 2.14 bits per heavy atom. The van der Waals surface area contributed by atoms with Gasteiger partial charge in [0.25, 0.3) is 5.91 Å². The number of hydrogen-bond donors (Lipinski definition) is 2. The lowest BCUT2D eigenvalue weighted by Gasteiger charge is -2.17. The van der Waals surface area contributed by atoms with Crippen LogP contribution in [0, 0.1) is 18.6 Å². The van der Waals surface area contributed by atoms with Gasteiger partial charge in [0.05, 0.1) is 12.5 Å². The Bertz CT molecular complexity index is 715. The lowest BCUT2D eigenvalue weighted by Crippen LogP contribution is -2.31. The third kappa shape index (κ3) is 3.46. The summed E-state index contributed by atoms with van der Waals surface area (Å²) in [5, 5.41) is 11.3. The summed E-state index contributed by atoms with van der Waals surface area (Å²) in [6, 6.07) is 1.54. The first kappa shape index (κ1) is 15.6. The van der Waals surface area contributed by atoms with Gasteiger partial charge in [-0.05, 0) is 13.0 Å². The molecule has 1 aromatic heterocycles. The van der Waals surface area contributed by atoms with E-state index >= 15 is 0 Å². The number of nitrogens with zero attached hydrogens (tertiary/aromatic N) is 1. The van der Waals surface area contributed by atoms with Gasteiger partial charge in [0.15, 0.2) is 12.1 Å². The molecule has 2 aromatic rings. The van der Waals surface area contributed by atoms with Crippen molar-refractivity contribution in [3.05, 3.63) is 53.2 Å². The summed E-state index contributed by atoms with van der Waals surface area (Å²) in [5.74, 6) is -3.45. The van der Waals surface area contributed by atoms with Crippen molar-refractivity contribution in [3.63, 3.8) is 0 Å². The van der Waals surface area contributed by atoms with Crippen molar-refractivity contribution in [2.45, 2.75) is 19.4 Å². The van der Waals surface area contributed by atoms with Crippen LogP contribution in [0.2, 0.25) is 0 Å². The molecule has 1 unspecified atom stereocenters. The molecule has 1 heterocycles. The average Bonchev–Trinajstić information content (AvgIpc) is 2.83. The van der Waals surface area contributed by atoms with E-state index in [1.54, 1.807) is 0 Å². The average molecular weight is 310 g/mol. The highest BCUT2D eigenvalue weighted by Crippen LogP contribution is 2.22. The number of carboxylic acid groups (broad SMARTS) is 1. The van der Waals surface area contributed by atoms with Gasteiger partial charge in [0.1, 0.15) is 17.4 Å². The van der Waals surface area contributed by atoms with Gasteiger partial charge in [-0.1, -0.05) is 6.07 Å². The Morgan fingerprint density at radius 3 is 2.68 bits per heavy atom. The predicted octanol–water partition coefficient (Wildman–Crippen LogP) is 2.21. The van der Waals surface area contributed by atoms with E-state index in [0.717, 1.165) is 18.5 Å². The van der Waals surface area contributed by atoms with Gasteiger partial charge in [0, 0.05) is 11.6 Å². The molecule has 6 nitrogen and oxygen atoms in total. The molecule has 0 aliphatic heterocycles. The summed E-state index contributed by atoms with van der Waals surface area (Å²) in [4.78, 5) is 26.7. The standard InChI is InChI=1S/C14H12F2N2O4/c1-7-13(17-6-22-7)14(21)18-11(5-12(19)20)9-3-2-8(15)4-10(9)16/h2-4,6,11H,5H2,1H3,(H,18,21)(H,19,20). The van der Waals surface area contributed by atoms with E-state index in [0.29, 0.717) is 6.07 Å². The molecule has 0 aliphatic rings. The van der Waals surface area contributed by atoms with E-state index in [2.05, 4.69) is 10.3 Å². The zero-order valence-corrected chi connectivity index (χ0v) is 11.5. The Labute approximate surface area is 123 Å². The monoisotopic (exact) mass is 310 g/mol. The zero-order chi connectivity index (χ0) is 16.3. The first-order chi connectivity index (χ1) is 10.4. The number of amides is 1. The fourth-order valence-corrected chi connectivity index (χ4v) is 1.95. The SMILES string of the molecule is Cc1ocnc1C(=O)NC(CC(=O)O)c1ccc(F)cc1F. The molecule has 8 heteroatoms. The summed E-state index contributed by atoms with van der Waals surface area (Å²) in [7, 11) is 0. The van der Waals surface area contributed by atoms with E-state index in [-0.39, 0.29) is 17.0 Å². The minimum atomic E-state index is -1.24. The van der Waals surface area contributed by atoms with Crippen LogP contribution in [0.5, 0.6) is 0 Å². The summed E-state index contributed by atoms with van der Waals surface area (Å²) in [6.07, 6.45) is 0.500. The Morgan fingerprint density at radius 1 is 1.41 bits per heavy atom. The summed E-state index contributed by atoms with van der Waals surface area (Å²) >= 11 is 0. The van der Waals surface area contributed by atoms with Crippen LogP contribution in [-0.4, -0.2) is 22.0 Å². The van der Waals surface area contributed by atoms with Crippen molar-refractivity contribution < 1.29 is 27.9 Å². The number of carbonyl (C=O) groups excluding carboxylic acids is 1. The van der Waals surface area contributed by atoms with Gasteiger partial charge in [-0.3, -0.25) is 9.59 Å². The predicted molar refractivity (Wildman–Crippen MR) is 70.1 cm³/mol. The molecule has 0 fully saturated rings. The van der Waals surface area contributed by atoms with Crippen molar-refractivity contribution in [1.29, 1.82) is 0 Å². The van der Waals surface area contributed by atoms with Gasteiger partial charge < -0.3 is 14.8 Å². The molecule has 2 N–H and O–H groups in total. The number of benzene rings is 1. The summed E-state index contributed by atoms with van der Waals surface area (Å²) in [5.41, 5.74) is -0.156. The molecule has 1 amide bonds. The van der Waals surface area contributed by atoms with Gasteiger partial charge in [-0.2, -0.15) is 0 Å². The Kier molecular flexibility index (Phi) is 4.50. The van der Waals surface area contributed by atoms with E-state index in [9.17, 15) is 18.4 Å². The van der Waals surface area contributed by atoms with E-state index in [4.69, 9.17) is 9.52 Å². The molecule has 0 aliphatic carbocycles. The second-order valence-corrected chi connectivity index (χ2v) is 4.55. The van der Waals surface area contributed by atoms with Gasteiger partial charge in [0.2, 0.25) is 0 Å². The molecule has 116 valence electrons. The first-order valence-corrected chi connectivity index (χ1v) is 6.26. The van der Waals surface area contributed by atoms with Crippen LogP contribution in [-0.2, 0) is 4.79 Å². The number of aromatic nitrogens is 1.